The van der Waals surface area contributed by atoms with Crippen molar-refractivity contribution < 1.29 is 9.90 Å². The fraction of sp³-hybridized carbons (Fsp3) is 0.533. The molecule has 1 aliphatic rings. The van der Waals surface area contributed by atoms with Gasteiger partial charge >= 0.3 is 0 Å². The minimum absolute atomic E-state index is 0.0662. The Balaban J connectivity index is 2.33. The molecule has 1 aliphatic carbocycles. The molecule has 1 fully saturated rings. The Morgan fingerprint density at radius 3 is 2.60 bits per heavy atom. The molecule has 2 rings (SSSR count). The van der Waals surface area contributed by atoms with Crippen molar-refractivity contribution in [1.29, 1.82) is 0 Å². The first-order valence-corrected chi connectivity index (χ1v) is 7.21. The smallest absolute Gasteiger partial charge is 0.250 e. The van der Waals surface area contributed by atoms with Crippen LogP contribution in [-0.2, 0) is 0 Å². The van der Waals surface area contributed by atoms with Crippen molar-refractivity contribution in [1.82, 2.24) is 0 Å². The maximum atomic E-state index is 11.4. The van der Waals surface area contributed by atoms with E-state index in [1.807, 2.05) is 6.07 Å². The zero-order chi connectivity index (χ0) is 14.5. The SMILES string of the molecule is NC(=O)c1cccc(N(CCO)C2CCCCC2)c1N. The average Bonchev–Trinajstić information content (AvgIpc) is 2.46. The predicted molar refractivity (Wildman–Crippen MR) is 80.7 cm³/mol. The topological polar surface area (TPSA) is 92.6 Å². The van der Waals surface area contributed by atoms with Crippen LogP contribution in [0.2, 0.25) is 0 Å². The van der Waals surface area contributed by atoms with Crippen LogP contribution in [0.1, 0.15) is 42.5 Å². The van der Waals surface area contributed by atoms with E-state index in [1.165, 1.54) is 19.3 Å². The third-order valence-electron chi connectivity index (χ3n) is 4.01. The van der Waals surface area contributed by atoms with Crippen LogP contribution in [0, 0.1) is 0 Å². The van der Waals surface area contributed by atoms with Gasteiger partial charge in [-0.1, -0.05) is 25.3 Å². The minimum Gasteiger partial charge on any atom is -0.396 e. The molecule has 0 aliphatic heterocycles. The molecule has 0 heterocycles. The fourth-order valence-corrected chi connectivity index (χ4v) is 3.02. The van der Waals surface area contributed by atoms with Crippen molar-refractivity contribution in [2.24, 2.45) is 5.73 Å². The van der Waals surface area contributed by atoms with E-state index in [0.29, 0.717) is 23.8 Å². The lowest BCUT2D eigenvalue weighted by atomic mass is 9.93. The highest BCUT2D eigenvalue weighted by atomic mass is 16.3. The third-order valence-corrected chi connectivity index (χ3v) is 4.01. The normalized spacial score (nSPS) is 16.1. The highest BCUT2D eigenvalue weighted by Gasteiger charge is 2.23. The molecular formula is C15H23N3O2. The molecule has 1 aromatic rings. The van der Waals surface area contributed by atoms with Gasteiger partial charge in [-0.2, -0.15) is 0 Å². The van der Waals surface area contributed by atoms with Gasteiger partial charge in [-0.3, -0.25) is 4.79 Å². The Hall–Kier alpha value is -1.75. The fourth-order valence-electron chi connectivity index (χ4n) is 3.02. The van der Waals surface area contributed by atoms with Gasteiger partial charge in [0.2, 0.25) is 0 Å². The molecule has 0 aromatic heterocycles. The lowest BCUT2D eigenvalue weighted by Crippen LogP contribution is -2.39. The molecule has 5 nitrogen and oxygen atoms in total. The molecule has 5 heteroatoms. The molecule has 1 saturated carbocycles. The Morgan fingerprint density at radius 1 is 1.30 bits per heavy atom. The van der Waals surface area contributed by atoms with Gasteiger partial charge in [0.1, 0.15) is 0 Å². The largest absolute Gasteiger partial charge is 0.396 e. The second kappa shape index (κ2) is 6.61. The maximum absolute atomic E-state index is 11.4. The van der Waals surface area contributed by atoms with Crippen molar-refractivity contribution in [3.05, 3.63) is 23.8 Å². The molecule has 110 valence electrons. The van der Waals surface area contributed by atoms with Crippen LogP contribution < -0.4 is 16.4 Å². The van der Waals surface area contributed by atoms with Crippen LogP contribution in [0.15, 0.2) is 18.2 Å². The summed E-state index contributed by atoms with van der Waals surface area (Å²) in [5, 5.41) is 9.32. The molecule has 0 radical (unpaired) electrons. The summed E-state index contributed by atoms with van der Waals surface area (Å²) < 4.78 is 0. The standard InChI is InChI=1S/C15H23N3O2/c16-14-12(15(17)20)7-4-8-13(14)18(9-10-19)11-5-2-1-3-6-11/h4,7-8,11,19H,1-3,5-6,9-10,16H2,(H2,17,20). The van der Waals surface area contributed by atoms with Crippen LogP contribution in [0.3, 0.4) is 0 Å². The van der Waals surface area contributed by atoms with E-state index in [2.05, 4.69) is 4.90 Å². The van der Waals surface area contributed by atoms with Crippen molar-refractivity contribution in [2.45, 2.75) is 38.1 Å². The number of nitrogen functional groups attached to an aromatic ring is 1. The molecule has 0 atom stereocenters. The second-order valence-corrected chi connectivity index (χ2v) is 5.31. The Kier molecular flexibility index (Phi) is 4.84. The number of para-hydroxylation sites is 1. The zero-order valence-corrected chi connectivity index (χ0v) is 11.7. The molecule has 0 unspecified atom stereocenters. The van der Waals surface area contributed by atoms with Crippen molar-refractivity contribution in [2.75, 3.05) is 23.8 Å². The summed E-state index contributed by atoms with van der Waals surface area (Å²) in [7, 11) is 0. The summed E-state index contributed by atoms with van der Waals surface area (Å²) >= 11 is 0. The lowest BCUT2D eigenvalue weighted by molar-refractivity contribution is 0.100. The Morgan fingerprint density at radius 2 is 2.00 bits per heavy atom. The van der Waals surface area contributed by atoms with E-state index in [1.54, 1.807) is 12.1 Å². The van der Waals surface area contributed by atoms with Gasteiger partial charge in [0.15, 0.2) is 0 Å². The number of benzene rings is 1. The molecule has 0 spiro atoms. The van der Waals surface area contributed by atoms with E-state index in [0.717, 1.165) is 18.5 Å². The summed E-state index contributed by atoms with van der Waals surface area (Å²) in [6, 6.07) is 5.70. The van der Waals surface area contributed by atoms with Crippen LogP contribution in [0.4, 0.5) is 11.4 Å². The first-order valence-electron chi connectivity index (χ1n) is 7.21. The number of aliphatic hydroxyl groups excluding tert-OH is 1. The van der Waals surface area contributed by atoms with Crippen LogP contribution in [0.25, 0.3) is 0 Å². The molecule has 20 heavy (non-hydrogen) atoms. The number of hydrogen-bond donors (Lipinski definition) is 3. The molecule has 1 amide bonds. The minimum atomic E-state index is -0.517. The molecular weight excluding hydrogens is 254 g/mol. The first-order chi connectivity index (χ1) is 9.65. The Labute approximate surface area is 119 Å². The zero-order valence-electron chi connectivity index (χ0n) is 11.7. The number of nitrogens with zero attached hydrogens (tertiary/aromatic N) is 1. The molecule has 1 aromatic carbocycles. The van der Waals surface area contributed by atoms with Gasteiger partial charge in [-0.15, -0.1) is 0 Å². The molecule has 0 saturated heterocycles. The van der Waals surface area contributed by atoms with E-state index in [-0.39, 0.29) is 6.61 Å². The van der Waals surface area contributed by atoms with Gasteiger partial charge in [0, 0.05) is 12.6 Å². The highest BCUT2D eigenvalue weighted by molar-refractivity contribution is 6.00. The van der Waals surface area contributed by atoms with Crippen LogP contribution in [-0.4, -0.2) is 30.2 Å². The van der Waals surface area contributed by atoms with Gasteiger partial charge in [-0.05, 0) is 25.0 Å². The van der Waals surface area contributed by atoms with Crippen molar-refractivity contribution in [3.8, 4) is 0 Å². The number of primary amides is 1. The predicted octanol–water partition coefficient (Wildman–Crippen LogP) is 1.50. The van der Waals surface area contributed by atoms with Crippen LogP contribution in [0.5, 0.6) is 0 Å². The third kappa shape index (κ3) is 3.04. The van der Waals surface area contributed by atoms with Crippen molar-refractivity contribution >= 4 is 17.3 Å². The van der Waals surface area contributed by atoms with E-state index in [9.17, 15) is 9.90 Å². The number of carbonyl (C=O) groups is 1. The monoisotopic (exact) mass is 277 g/mol. The van der Waals surface area contributed by atoms with Crippen LogP contribution >= 0.6 is 0 Å². The molecule has 0 bridgehead atoms. The summed E-state index contributed by atoms with van der Waals surface area (Å²) in [6.07, 6.45) is 5.85. The van der Waals surface area contributed by atoms with E-state index >= 15 is 0 Å². The average molecular weight is 277 g/mol. The number of nitrogens with two attached hydrogens (primary N) is 2. The van der Waals surface area contributed by atoms with Gasteiger partial charge < -0.3 is 21.5 Å². The first kappa shape index (κ1) is 14.7. The number of anilines is 2. The molecule has 5 N–H and O–H groups in total. The summed E-state index contributed by atoms with van der Waals surface area (Å²) in [6.45, 7) is 0.591. The number of aliphatic hydroxyl groups is 1. The van der Waals surface area contributed by atoms with Gasteiger partial charge in [-0.25, -0.2) is 0 Å². The van der Waals surface area contributed by atoms with E-state index < -0.39 is 5.91 Å². The number of amides is 1. The van der Waals surface area contributed by atoms with Crippen molar-refractivity contribution in [3.63, 3.8) is 0 Å². The summed E-state index contributed by atoms with van der Waals surface area (Å²) in [5.41, 5.74) is 13.0. The van der Waals surface area contributed by atoms with Gasteiger partial charge in [0.05, 0.1) is 23.5 Å². The summed E-state index contributed by atoms with van der Waals surface area (Å²) in [5.74, 6) is -0.517. The van der Waals surface area contributed by atoms with Gasteiger partial charge in [0.25, 0.3) is 5.91 Å². The summed E-state index contributed by atoms with van der Waals surface area (Å²) in [4.78, 5) is 13.5. The van der Waals surface area contributed by atoms with E-state index in [4.69, 9.17) is 11.5 Å². The second-order valence-electron chi connectivity index (χ2n) is 5.31. The quantitative estimate of drug-likeness (QED) is 0.711. The highest BCUT2D eigenvalue weighted by Crippen LogP contribution is 2.32. The number of hydrogen-bond acceptors (Lipinski definition) is 4. The maximum Gasteiger partial charge on any atom is 0.250 e. The number of carbonyl (C=O) groups excluding carboxylic acids is 1. The number of rotatable bonds is 5. The Bertz CT molecular complexity index is 470. The lowest BCUT2D eigenvalue weighted by Gasteiger charge is -2.36.